The summed E-state index contributed by atoms with van der Waals surface area (Å²) in [5.74, 6) is 0.335. The molecule has 0 saturated carbocycles. The molecule has 0 spiro atoms. The first-order valence-electron chi connectivity index (χ1n) is 4.36. The largest absolute Gasteiger partial charge is 0.298 e. The molecule has 1 aromatic carbocycles. The van der Waals surface area contributed by atoms with Crippen molar-refractivity contribution in [3.05, 3.63) is 34.9 Å². The molecule has 1 aromatic rings. The summed E-state index contributed by atoms with van der Waals surface area (Å²) in [5.41, 5.74) is 2.86. The molecule has 0 heterocycles. The number of carbonyl (C=O) groups excluding carboxylic acids is 1. The van der Waals surface area contributed by atoms with Gasteiger partial charge < -0.3 is 0 Å². The molecule has 76 valence electrons. The number of alkyl halides is 2. The van der Waals surface area contributed by atoms with Crippen LogP contribution in [0.1, 0.15) is 29.0 Å². The molecule has 14 heavy (non-hydrogen) atoms. The summed E-state index contributed by atoms with van der Waals surface area (Å²) in [6, 6.07) is 5.70. The molecular weight excluding hydrogens is 219 g/mol. The Hall–Kier alpha value is -0.530. The minimum absolute atomic E-state index is 0.0522. The van der Waals surface area contributed by atoms with Crippen molar-refractivity contribution in [2.45, 2.75) is 25.1 Å². The maximum atomic E-state index is 11.1. The first-order chi connectivity index (χ1) is 6.57. The van der Waals surface area contributed by atoms with E-state index < -0.39 is 5.38 Å². The summed E-state index contributed by atoms with van der Waals surface area (Å²) >= 11 is 11.8. The Labute approximate surface area is 94.0 Å². The SMILES string of the molecule is CC(=O)C(Cl)c1cccc(C)c1CCl. The van der Waals surface area contributed by atoms with Crippen LogP contribution in [-0.4, -0.2) is 5.78 Å². The monoisotopic (exact) mass is 230 g/mol. The molecule has 1 atom stereocenters. The van der Waals surface area contributed by atoms with E-state index in [1.807, 2.05) is 25.1 Å². The number of rotatable bonds is 3. The summed E-state index contributed by atoms with van der Waals surface area (Å²) < 4.78 is 0. The fraction of sp³-hybridized carbons (Fsp3) is 0.364. The molecule has 0 fully saturated rings. The van der Waals surface area contributed by atoms with Crippen LogP contribution < -0.4 is 0 Å². The molecule has 0 bridgehead atoms. The normalized spacial score (nSPS) is 12.6. The molecule has 0 aliphatic carbocycles. The first-order valence-corrected chi connectivity index (χ1v) is 5.34. The topological polar surface area (TPSA) is 17.1 Å². The van der Waals surface area contributed by atoms with Crippen LogP contribution in [0.4, 0.5) is 0 Å². The third kappa shape index (κ3) is 2.28. The molecule has 0 amide bonds. The lowest BCUT2D eigenvalue weighted by molar-refractivity contribution is -0.116. The number of benzene rings is 1. The molecule has 0 saturated heterocycles. The van der Waals surface area contributed by atoms with Crippen molar-refractivity contribution in [2.24, 2.45) is 0 Å². The van der Waals surface area contributed by atoms with Crippen molar-refractivity contribution in [3.63, 3.8) is 0 Å². The lowest BCUT2D eigenvalue weighted by atomic mass is 9.99. The zero-order chi connectivity index (χ0) is 10.7. The van der Waals surface area contributed by atoms with Crippen LogP contribution in [-0.2, 0) is 10.7 Å². The second kappa shape index (κ2) is 4.81. The maximum Gasteiger partial charge on any atom is 0.152 e. The first kappa shape index (κ1) is 11.5. The van der Waals surface area contributed by atoms with Gasteiger partial charge in [0, 0.05) is 5.88 Å². The maximum absolute atomic E-state index is 11.1. The van der Waals surface area contributed by atoms with E-state index >= 15 is 0 Å². The second-order valence-corrected chi connectivity index (χ2v) is 3.95. The average molecular weight is 231 g/mol. The van der Waals surface area contributed by atoms with Gasteiger partial charge in [-0.25, -0.2) is 0 Å². The van der Waals surface area contributed by atoms with Crippen LogP contribution in [0.3, 0.4) is 0 Å². The summed E-state index contributed by atoms with van der Waals surface area (Å²) in [6.07, 6.45) is 0. The van der Waals surface area contributed by atoms with Crippen molar-refractivity contribution in [2.75, 3.05) is 0 Å². The van der Waals surface area contributed by atoms with Gasteiger partial charge >= 0.3 is 0 Å². The lowest BCUT2D eigenvalue weighted by Crippen LogP contribution is -2.05. The molecule has 1 unspecified atom stereocenters. The highest BCUT2D eigenvalue weighted by Crippen LogP contribution is 2.28. The van der Waals surface area contributed by atoms with E-state index in [2.05, 4.69) is 0 Å². The van der Waals surface area contributed by atoms with Crippen LogP contribution in [0, 0.1) is 6.92 Å². The molecule has 0 N–H and O–H groups in total. The van der Waals surface area contributed by atoms with E-state index in [0.29, 0.717) is 5.88 Å². The highest BCUT2D eigenvalue weighted by atomic mass is 35.5. The molecule has 1 rings (SSSR count). The van der Waals surface area contributed by atoms with Gasteiger partial charge in [-0.05, 0) is 30.5 Å². The van der Waals surface area contributed by atoms with Crippen LogP contribution in [0.15, 0.2) is 18.2 Å². The molecule has 0 aromatic heterocycles. The number of aryl methyl sites for hydroxylation is 1. The number of halogens is 2. The Kier molecular flexibility index (Phi) is 3.97. The molecule has 0 aliphatic heterocycles. The van der Waals surface area contributed by atoms with Crippen LogP contribution >= 0.6 is 23.2 Å². The number of hydrogen-bond acceptors (Lipinski definition) is 1. The lowest BCUT2D eigenvalue weighted by Gasteiger charge is -2.12. The zero-order valence-electron chi connectivity index (χ0n) is 8.18. The Balaban J connectivity index is 3.20. The summed E-state index contributed by atoms with van der Waals surface area (Å²) in [4.78, 5) is 11.1. The predicted octanol–water partition coefficient (Wildman–Crippen LogP) is 3.60. The van der Waals surface area contributed by atoms with E-state index in [1.54, 1.807) is 0 Å². The van der Waals surface area contributed by atoms with Gasteiger partial charge in [0.15, 0.2) is 5.78 Å². The third-order valence-corrected chi connectivity index (χ3v) is 3.02. The van der Waals surface area contributed by atoms with Gasteiger partial charge in [0.05, 0.1) is 0 Å². The minimum Gasteiger partial charge on any atom is -0.298 e. The third-order valence-electron chi connectivity index (χ3n) is 2.21. The van der Waals surface area contributed by atoms with Crippen molar-refractivity contribution >= 4 is 29.0 Å². The van der Waals surface area contributed by atoms with Gasteiger partial charge in [0.1, 0.15) is 5.38 Å². The molecular formula is C11H12Cl2O. The Bertz CT molecular complexity index is 347. The fourth-order valence-electron chi connectivity index (χ4n) is 1.36. The summed E-state index contributed by atoms with van der Waals surface area (Å²) in [5, 5.41) is -0.580. The van der Waals surface area contributed by atoms with Crippen LogP contribution in [0.2, 0.25) is 0 Å². The molecule has 1 nitrogen and oxygen atoms in total. The van der Waals surface area contributed by atoms with E-state index in [1.165, 1.54) is 6.92 Å². The highest BCUT2D eigenvalue weighted by Gasteiger charge is 2.17. The number of Topliss-reactive ketones (excluding diaryl/α,β-unsaturated/α-hetero) is 1. The van der Waals surface area contributed by atoms with Crippen LogP contribution in [0.25, 0.3) is 0 Å². The van der Waals surface area contributed by atoms with Crippen LogP contribution in [0.5, 0.6) is 0 Å². The predicted molar refractivity (Wildman–Crippen MR) is 60.0 cm³/mol. The van der Waals surface area contributed by atoms with Crippen molar-refractivity contribution in [1.82, 2.24) is 0 Å². The van der Waals surface area contributed by atoms with E-state index in [4.69, 9.17) is 23.2 Å². The zero-order valence-corrected chi connectivity index (χ0v) is 9.69. The quantitative estimate of drug-likeness (QED) is 0.726. The molecule has 3 heteroatoms. The Morgan fingerprint density at radius 2 is 2.14 bits per heavy atom. The summed E-state index contributed by atoms with van der Waals surface area (Å²) in [7, 11) is 0. The number of carbonyl (C=O) groups is 1. The second-order valence-electron chi connectivity index (χ2n) is 3.25. The van der Waals surface area contributed by atoms with Gasteiger partial charge in [-0.1, -0.05) is 18.2 Å². The van der Waals surface area contributed by atoms with Gasteiger partial charge in [-0.3, -0.25) is 4.79 Å². The van der Waals surface area contributed by atoms with E-state index in [9.17, 15) is 4.79 Å². The van der Waals surface area contributed by atoms with E-state index in [-0.39, 0.29) is 5.78 Å². The van der Waals surface area contributed by atoms with Gasteiger partial charge in [0.2, 0.25) is 0 Å². The fourth-order valence-corrected chi connectivity index (χ4v) is 1.93. The van der Waals surface area contributed by atoms with Gasteiger partial charge in [-0.15, -0.1) is 23.2 Å². The smallest absolute Gasteiger partial charge is 0.152 e. The number of ketones is 1. The van der Waals surface area contributed by atoms with E-state index in [0.717, 1.165) is 16.7 Å². The van der Waals surface area contributed by atoms with Gasteiger partial charge in [0.25, 0.3) is 0 Å². The summed E-state index contributed by atoms with van der Waals surface area (Å²) in [6.45, 7) is 3.45. The Morgan fingerprint density at radius 3 is 2.64 bits per heavy atom. The van der Waals surface area contributed by atoms with Crippen molar-refractivity contribution in [1.29, 1.82) is 0 Å². The number of hydrogen-bond donors (Lipinski definition) is 0. The van der Waals surface area contributed by atoms with Crippen molar-refractivity contribution < 1.29 is 4.79 Å². The van der Waals surface area contributed by atoms with Crippen molar-refractivity contribution in [3.8, 4) is 0 Å². The average Bonchev–Trinajstić information content (AvgIpc) is 2.16. The molecule has 0 radical (unpaired) electrons. The molecule has 0 aliphatic rings. The highest BCUT2D eigenvalue weighted by molar-refractivity contribution is 6.31. The van der Waals surface area contributed by atoms with Gasteiger partial charge in [-0.2, -0.15) is 0 Å². The standard InChI is InChI=1S/C11H12Cl2O/c1-7-4-3-5-9(10(7)6-12)11(13)8(2)14/h3-5,11H,6H2,1-2H3. The Morgan fingerprint density at radius 1 is 1.50 bits per heavy atom. The minimum atomic E-state index is -0.580.